The Morgan fingerprint density at radius 1 is 0.842 bits per heavy atom. The van der Waals surface area contributed by atoms with Crippen LogP contribution in [0.2, 0.25) is 0 Å². The van der Waals surface area contributed by atoms with Gasteiger partial charge in [0.1, 0.15) is 0 Å². The van der Waals surface area contributed by atoms with Gasteiger partial charge >= 0.3 is 0 Å². The summed E-state index contributed by atoms with van der Waals surface area (Å²) in [5.74, 6) is 0. The first-order valence-corrected chi connectivity index (χ1v) is 7.71. The molecule has 1 heteroatoms. The minimum absolute atomic E-state index is 0.142. The third-order valence-electron chi connectivity index (χ3n) is 4.15. The van der Waals surface area contributed by atoms with Gasteiger partial charge in [0.05, 0.1) is 0 Å². The Morgan fingerprint density at radius 2 is 1.37 bits per heavy atom. The maximum atomic E-state index is 5.16. The monoisotopic (exact) mass is 259 g/mol. The maximum Gasteiger partial charge on any atom is 0.0495 e. The fourth-order valence-corrected chi connectivity index (χ4v) is 3.35. The van der Waals surface area contributed by atoms with Crippen LogP contribution < -0.4 is 0 Å². The first-order valence-electron chi connectivity index (χ1n) is 7.71. The molecule has 0 N–H and O–H groups in total. The highest BCUT2D eigenvalue weighted by Gasteiger charge is 2.31. The molecule has 0 aromatic carbocycles. The fraction of sp³-hybridized carbons (Fsp3) is 0.722. The van der Waals surface area contributed by atoms with E-state index in [1.54, 1.807) is 11.1 Å². The number of rotatable bonds is 1. The first-order chi connectivity index (χ1) is 8.66. The molecule has 0 saturated heterocycles. The number of hydrogen-bond acceptors (Lipinski definition) is 1. The largest absolute Gasteiger partial charge is 0.256 e. The van der Waals surface area contributed by atoms with Crippen LogP contribution in [0.25, 0.3) is 0 Å². The van der Waals surface area contributed by atoms with Gasteiger partial charge in [-0.25, -0.2) is 0 Å². The lowest BCUT2D eigenvalue weighted by Gasteiger charge is -2.29. The van der Waals surface area contributed by atoms with Gasteiger partial charge in [-0.2, -0.15) is 0 Å². The first kappa shape index (κ1) is 14.6. The van der Waals surface area contributed by atoms with E-state index < -0.39 is 0 Å². The van der Waals surface area contributed by atoms with Gasteiger partial charge in [-0.05, 0) is 42.4 Å². The van der Waals surface area contributed by atoms with Crippen LogP contribution in [0.15, 0.2) is 0 Å². The van der Waals surface area contributed by atoms with Crippen molar-refractivity contribution in [1.82, 2.24) is 4.98 Å². The van der Waals surface area contributed by atoms with Crippen molar-refractivity contribution in [2.24, 2.45) is 0 Å². The average Bonchev–Trinajstić information content (AvgIpc) is 2.72. The molecule has 0 radical (unpaired) electrons. The van der Waals surface area contributed by atoms with Crippen LogP contribution in [0, 0.1) is 0 Å². The van der Waals surface area contributed by atoms with Crippen molar-refractivity contribution in [1.29, 1.82) is 0 Å². The topological polar surface area (TPSA) is 12.9 Å². The standard InChI is InChI=1S/C18H29N/c1-8-12-13-10-9-11-14(13)16(18(5,6)7)19-15(12)17(2,3)4/h8-11H2,1-7H3. The SMILES string of the molecule is CCc1c(C(C)(C)C)nc(C(C)(C)C)c2c1CCC2. The van der Waals surface area contributed by atoms with Gasteiger partial charge in [0, 0.05) is 22.2 Å². The summed E-state index contributed by atoms with van der Waals surface area (Å²) in [6.07, 6.45) is 4.91. The van der Waals surface area contributed by atoms with E-state index in [0.29, 0.717) is 0 Å². The van der Waals surface area contributed by atoms with Crippen molar-refractivity contribution < 1.29 is 0 Å². The summed E-state index contributed by atoms with van der Waals surface area (Å²) in [6.45, 7) is 16.1. The fourth-order valence-electron chi connectivity index (χ4n) is 3.35. The minimum Gasteiger partial charge on any atom is -0.256 e. The van der Waals surface area contributed by atoms with E-state index >= 15 is 0 Å². The predicted octanol–water partition coefficient (Wildman–Crippen LogP) is 4.73. The average molecular weight is 259 g/mol. The smallest absolute Gasteiger partial charge is 0.0495 e. The van der Waals surface area contributed by atoms with Gasteiger partial charge in [0.15, 0.2) is 0 Å². The zero-order valence-corrected chi connectivity index (χ0v) is 13.8. The number of hydrogen-bond donors (Lipinski definition) is 0. The minimum atomic E-state index is 0.142. The maximum absolute atomic E-state index is 5.16. The van der Waals surface area contributed by atoms with Gasteiger partial charge < -0.3 is 0 Å². The second kappa shape index (κ2) is 4.61. The Balaban J connectivity index is 2.76. The Kier molecular flexibility index (Phi) is 3.53. The summed E-state index contributed by atoms with van der Waals surface area (Å²) in [6, 6.07) is 0. The molecular formula is C18H29N. The highest BCUT2D eigenvalue weighted by molar-refractivity contribution is 5.47. The van der Waals surface area contributed by atoms with Crippen LogP contribution in [-0.4, -0.2) is 4.98 Å². The van der Waals surface area contributed by atoms with Gasteiger partial charge in [-0.1, -0.05) is 48.5 Å². The lowest BCUT2D eigenvalue weighted by atomic mass is 9.80. The Bertz CT molecular complexity index is 484. The van der Waals surface area contributed by atoms with Crippen molar-refractivity contribution >= 4 is 0 Å². The molecule has 1 nitrogen and oxygen atoms in total. The summed E-state index contributed by atoms with van der Waals surface area (Å²) < 4.78 is 0. The molecule has 0 fully saturated rings. The van der Waals surface area contributed by atoms with Gasteiger partial charge in [-0.3, -0.25) is 4.98 Å². The molecular weight excluding hydrogens is 230 g/mol. The van der Waals surface area contributed by atoms with Gasteiger partial charge in [0.25, 0.3) is 0 Å². The molecule has 1 aromatic heterocycles. The third kappa shape index (κ3) is 2.57. The summed E-state index contributed by atoms with van der Waals surface area (Å²) in [7, 11) is 0. The Morgan fingerprint density at radius 3 is 1.84 bits per heavy atom. The number of fused-ring (bicyclic) bond motifs is 1. The summed E-state index contributed by atoms with van der Waals surface area (Å²) in [4.78, 5) is 5.16. The van der Waals surface area contributed by atoms with E-state index in [4.69, 9.17) is 4.98 Å². The Labute approximate surface area is 118 Å². The van der Waals surface area contributed by atoms with Crippen LogP contribution in [0.3, 0.4) is 0 Å². The van der Waals surface area contributed by atoms with E-state index in [1.807, 2.05) is 0 Å². The molecule has 1 heterocycles. The number of nitrogens with zero attached hydrogens (tertiary/aromatic N) is 1. The van der Waals surface area contributed by atoms with Crippen LogP contribution in [0.4, 0.5) is 0 Å². The predicted molar refractivity (Wildman–Crippen MR) is 83.0 cm³/mol. The summed E-state index contributed by atoms with van der Waals surface area (Å²) in [5, 5.41) is 0. The van der Waals surface area contributed by atoms with E-state index in [-0.39, 0.29) is 10.8 Å². The lowest BCUT2D eigenvalue weighted by Crippen LogP contribution is -2.24. The van der Waals surface area contributed by atoms with E-state index in [2.05, 4.69) is 48.5 Å². The summed E-state index contributed by atoms with van der Waals surface area (Å²) in [5.41, 5.74) is 7.71. The second-order valence-corrected chi connectivity index (χ2v) is 7.95. The van der Waals surface area contributed by atoms with Crippen molar-refractivity contribution in [3.63, 3.8) is 0 Å². The van der Waals surface area contributed by atoms with E-state index in [9.17, 15) is 0 Å². The molecule has 0 saturated carbocycles. The molecule has 1 aromatic rings. The molecule has 106 valence electrons. The molecule has 0 spiro atoms. The van der Waals surface area contributed by atoms with Crippen LogP contribution in [-0.2, 0) is 30.1 Å². The van der Waals surface area contributed by atoms with E-state index in [1.165, 1.54) is 36.2 Å². The van der Waals surface area contributed by atoms with Crippen molar-refractivity contribution in [2.45, 2.75) is 85.0 Å². The van der Waals surface area contributed by atoms with Gasteiger partial charge in [-0.15, -0.1) is 0 Å². The molecule has 0 atom stereocenters. The van der Waals surface area contributed by atoms with Crippen LogP contribution in [0.1, 0.15) is 83.0 Å². The van der Waals surface area contributed by atoms with Crippen molar-refractivity contribution in [2.75, 3.05) is 0 Å². The zero-order valence-electron chi connectivity index (χ0n) is 13.8. The molecule has 1 aliphatic rings. The molecule has 19 heavy (non-hydrogen) atoms. The highest BCUT2D eigenvalue weighted by Crippen LogP contribution is 2.38. The summed E-state index contributed by atoms with van der Waals surface area (Å²) >= 11 is 0. The molecule has 0 aliphatic heterocycles. The molecule has 0 bridgehead atoms. The Hall–Kier alpha value is -0.850. The lowest BCUT2D eigenvalue weighted by molar-refractivity contribution is 0.521. The molecule has 2 rings (SSSR count). The number of aromatic nitrogens is 1. The molecule has 0 unspecified atom stereocenters. The molecule has 1 aliphatic carbocycles. The van der Waals surface area contributed by atoms with Gasteiger partial charge in [0.2, 0.25) is 0 Å². The number of pyridine rings is 1. The van der Waals surface area contributed by atoms with Crippen LogP contribution in [0.5, 0.6) is 0 Å². The molecule has 0 amide bonds. The zero-order chi connectivity index (χ0) is 14.4. The highest BCUT2D eigenvalue weighted by atomic mass is 14.8. The second-order valence-electron chi connectivity index (χ2n) is 7.95. The van der Waals surface area contributed by atoms with Crippen molar-refractivity contribution in [3.05, 3.63) is 28.1 Å². The van der Waals surface area contributed by atoms with Crippen molar-refractivity contribution in [3.8, 4) is 0 Å². The quantitative estimate of drug-likeness (QED) is 0.710. The van der Waals surface area contributed by atoms with Crippen LogP contribution >= 0.6 is 0 Å². The third-order valence-corrected chi connectivity index (χ3v) is 4.15. The van der Waals surface area contributed by atoms with E-state index in [0.717, 1.165) is 6.42 Å². The normalized spacial score (nSPS) is 15.7.